The summed E-state index contributed by atoms with van der Waals surface area (Å²) in [4.78, 5) is 12.4. The van der Waals surface area contributed by atoms with Gasteiger partial charge in [0.2, 0.25) is 0 Å². The summed E-state index contributed by atoms with van der Waals surface area (Å²) in [6, 6.07) is 15.1. The minimum Gasteiger partial charge on any atom is -0.322 e. The predicted octanol–water partition coefficient (Wildman–Crippen LogP) is 3.21. The highest BCUT2D eigenvalue weighted by atomic mass is 16.1. The van der Waals surface area contributed by atoms with Crippen LogP contribution in [0.25, 0.3) is 5.69 Å². The molecule has 6 heteroatoms. The number of nitrogens with one attached hydrogen (secondary N) is 1. The Morgan fingerprint density at radius 3 is 2.46 bits per heavy atom. The molecule has 0 saturated carbocycles. The summed E-state index contributed by atoms with van der Waals surface area (Å²) in [5, 5.41) is 13.9. The molecule has 0 fully saturated rings. The molecule has 1 N–H and O–H groups in total. The fourth-order valence-corrected chi connectivity index (χ4v) is 2.33. The molecule has 0 saturated heterocycles. The van der Waals surface area contributed by atoms with Crippen molar-refractivity contribution in [3.05, 3.63) is 66.0 Å². The molecule has 0 aliphatic rings. The molecule has 6 nitrogen and oxygen atoms in total. The molecule has 1 amide bonds. The van der Waals surface area contributed by atoms with Crippen LogP contribution < -0.4 is 5.32 Å². The maximum Gasteiger partial charge on any atom is 0.255 e. The summed E-state index contributed by atoms with van der Waals surface area (Å²) in [7, 11) is 0. The molecule has 122 valence electrons. The normalized spacial score (nSPS) is 11.3. The average Bonchev–Trinajstić information content (AvgIpc) is 3.09. The van der Waals surface area contributed by atoms with Crippen LogP contribution in [0.3, 0.4) is 0 Å². The number of tetrazole rings is 1. The molecule has 0 atom stereocenters. The Bertz CT molecular complexity index is 833. The van der Waals surface area contributed by atoms with Crippen molar-refractivity contribution >= 4 is 11.6 Å². The molecule has 2 aromatic carbocycles. The van der Waals surface area contributed by atoms with Gasteiger partial charge in [-0.05, 0) is 51.7 Å². The molecule has 0 bridgehead atoms. The maximum absolute atomic E-state index is 12.4. The second-order valence-corrected chi connectivity index (χ2v) is 6.59. The van der Waals surface area contributed by atoms with Crippen LogP contribution in [0.5, 0.6) is 0 Å². The van der Waals surface area contributed by atoms with Gasteiger partial charge >= 0.3 is 0 Å². The molecule has 3 rings (SSSR count). The lowest BCUT2D eigenvalue weighted by atomic mass is 9.87. The van der Waals surface area contributed by atoms with Crippen LogP contribution in [0.1, 0.15) is 36.7 Å². The monoisotopic (exact) mass is 321 g/mol. The summed E-state index contributed by atoms with van der Waals surface area (Å²) in [6.07, 6.45) is 1.49. The van der Waals surface area contributed by atoms with Gasteiger partial charge in [0.25, 0.3) is 5.91 Å². The minimum absolute atomic E-state index is 0.0860. The Morgan fingerprint density at radius 2 is 1.83 bits per heavy atom. The summed E-state index contributed by atoms with van der Waals surface area (Å²) in [6.45, 7) is 6.47. The van der Waals surface area contributed by atoms with Crippen molar-refractivity contribution in [1.82, 2.24) is 20.2 Å². The topological polar surface area (TPSA) is 72.7 Å². The van der Waals surface area contributed by atoms with Crippen molar-refractivity contribution in [2.24, 2.45) is 0 Å². The Balaban J connectivity index is 1.77. The average molecular weight is 321 g/mol. The Morgan fingerprint density at radius 1 is 1.08 bits per heavy atom. The molecule has 0 radical (unpaired) electrons. The maximum atomic E-state index is 12.4. The molecule has 3 aromatic rings. The van der Waals surface area contributed by atoms with Gasteiger partial charge < -0.3 is 5.32 Å². The second-order valence-electron chi connectivity index (χ2n) is 6.59. The first-order valence-electron chi connectivity index (χ1n) is 7.69. The van der Waals surface area contributed by atoms with Gasteiger partial charge in [0.15, 0.2) is 0 Å². The third kappa shape index (κ3) is 3.48. The number of benzene rings is 2. The Hall–Kier alpha value is -3.02. The Kier molecular flexibility index (Phi) is 4.12. The van der Waals surface area contributed by atoms with Crippen molar-refractivity contribution in [3.63, 3.8) is 0 Å². The highest BCUT2D eigenvalue weighted by Gasteiger charge is 2.13. The number of hydrogen-bond acceptors (Lipinski definition) is 4. The van der Waals surface area contributed by atoms with E-state index < -0.39 is 0 Å². The van der Waals surface area contributed by atoms with E-state index in [-0.39, 0.29) is 11.3 Å². The standard InChI is InChI=1S/C18H19N5O/c1-18(2,3)14-7-9-15(10-8-14)20-17(24)13-5-4-6-16(11-13)23-12-19-21-22-23/h4-12H,1-3H3,(H,20,24). The zero-order chi connectivity index (χ0) is 17.2. The van der Waals surface area contributed by atoms with Crippen LogP contribution in [0.2, 0.25) is 0 Å². The van der Waals surface area contributed by atoms with E-state index in [0.29, 0.717) is 5.56 Å². The zero-order valence-electron chi connectivity index (χ0n) is 13.9. The highest BCUT2D eigenvalue weighted by Crippen LogP contribution is 2.23. The lowest BCUT2D eigenvalue weighted by Crippen LogP contribution is -2.14. The van der Waals surface area contributed by atoms with Gasteiger partial charge in [-0.3, -0.25) is 4.79 Å². The van der Waals surface area contributed by atoms with Crippen LogP contribution in [0.15, 0.2) is 54.9 Å². The van der Waals surface area contributed by atoms with Crippen LogP contribution in [-0.4, -0.2) is 26.1 Å². The van der Waals surface area contributed by atoms with Gasteiger partial charge in [-0.1, -0.05) is 39.0 Å². The van der Waals surface area contributed by atoms with Gasteiger partial charge in [0.1, 0.15) is 6.33 Å². The number of hydrogen-bond donors (Lipinski definition) is 1. The van der Waals surface area contributed by atoms with E-state index in [2.05, 4.69) is 41.6 Å². The summed E-state index contributed by atoms with van der Waals surface area (Å²) < 4.78 is 1.51. The molecule has 0 aliphatic heterocycles. The molecule has 0 spiro atoms. The number of nitrogens with zero attached hydrogens (tertiary/aromatic N) is 4. The van der Waals surface area contributed by atoms with E-state index >= 15 is 0 Å². The fourth-order valence-electron chi connectivity index (χ4n) is 2.33. The number of aromatic nitrogens is 4. The predicted molar refractivity (Wildman–Crippen MR) is 92.2 cm³/mol. The second kappa shape index (κ2) is 6.23. The van der Waals surface area contributed by atoms with E-state index in [1.165, 1.54) is 16.6 Å². The summed E-state index contributed by atoms with van der Waals surface area (Å²) >= 11 is 0. The molecule has 24 heavy (non-hydrogen) atoms. The third-order valence-electron chi connectivity index (χ3n) is 3.73. The number of anilines is 1. The number of rotatable bonds is 3. The molecular formula is C18H19N5O. The molecular weight excluding hydrogens is 302 g/mol. The first-order valence-corrected chi connectivity index (χ1v) is 7.69. The van der Waals surface area contributed by atoms with Gasteiger partial charge in [-0.15, -0.1) is 5.10 Å². The summed E-state index contributed by atoms with van der Waals surface area (Å²) in [5.41, 5.74) is 3.35. The number of carbonyl (C=O) groups excluding carboxylic acids is 1. The molecule has 0 aliphatic carbocycles. The van der Waals surface area contributed by atoms with Crippen molar-refractivity contribution in [2.45, 2.75) is 26.2 Å². The molecule has 1 heterocycles. The SMILES string of the molecule is CC(C)(C)c1ccc(NC(=O)c2cccc(-n3cnnn3)c2)cc1. The fraction of sp³-hybridized carbons (Fsp3) is 0.222. The minimum atomic E-state index is -0.173. The third-order valence-corrected chi connectivity index (χ3v) is 3.73. The highest BCUT2D eigenvalue weighted by molar-refractivity contribution is 6.04. The van der Waals surface area contributed by atoms with Crippen molar-refractivity contribution in [2.75, 3.05) is 5.32 Å². The largest absolute Gasteiger partial charge is 0.322 e. The van der Waals surface area contributed by atoms with Crippen LogP contribution >= 0.6 is 0 Å². The van der Waals surface area contributed by atoms with Gasteiger partial charge in [0.05, 0.1) is 5.69 Å². The summed E-state index contributed by atoms with van der Waals surface area (Å²) in [5.74, 6) is -0.173. The quantitative estimate of drug-likeness (QED) is 0.804. The van der Waals surface area contributed by atoms with Crippen LogP contribution in [-0.2, 0) is 5.41 Å². The van der Waals surface area contributed by atoms with Crippen molar-refractivity contribution in [1.29, 1.82) is 0 Å². The first-order chi connectivity index (χ1) is 11.4. The Labute approximate surface area is 140 Å². The van der Waals surface area contributed by atoms with E-state index in [1.807, 2.05) is 30.3 Å². The lowest BCUT2D eigenvalue weighted by molar-refractivity contribution is 0.102. The van der Waals surface area contributed by atoms with Gasteiger partial charge in [-0.25, -0.2) is 4.68 Å². The van der Waals surface area contributed by atoms with Crippen molar-refractivity contribution < 1.29 is 4.79 Å². The molecule has 1 aromatic heterocycles. The first kappa shape index (κ1) is 15.9. The van der Waals surface area contributed by atoms with E-state index in [4.69, 9.17) is 0 Å². The van der Waals surface area contributed by atoms with Gasteiger partial charge in [0, 0.05) is 11.3 Å². The van der Waals surface area contributed by atoms with Gasteiger partial charge in [-0.2, -0.15) is 0 Å². The van der Waals surface area contributed by atoms with E-state index in [1.54, 1.807) is 18.2 Å². The van der Waals surface area contributed by atoms with Crippen LogP contribution in [0, 0.1) is 0 Å². The smallest absolute Gasteiger partial charge is 0.255 e. The number of carbonyl (C=O) groups is 1. The zero-order valence-corrected chi connectivity index (χ0v) is 13.9. The lowest BCUT2D eigenvalue weighted by Gasteiger charge is -2.19. The van der Waals surface area contributed by atoms with E-state index in [9.17, 15) is 4.79 Å². The number of amides is 1. The van der Waals surface area contributed by atoms with Crippen LogP contribution in [0.4, 0.5) is 5.69 Å². The molecule has 0 unspecified atom stereocenters. The van der Waals surface area contributed by atoms with Crippen molar-refractivity contribution in [3.8, 4) is 5.69 Å². The van der Waals surface area contributed by atoms with E-state index in [0.717, 1.165) is 11.4 Å².